The Bertz CT molecular complexity index is 692. The predicted molar refractivity (Wildman–Crippen MR) is 88.1 cm³/mol. The fraction of sp³-hybridized carbons (Fsp3) is 0.286. The first-order valence-corrected chi connectivity index (χ1v) is 7.97. The number of methoxy groups -OCH3 is 1. The van der Waals surface area contributed by atoms with Crippen LogP contribution in [0.3, 0.4) is 0 Å². The molecule has 0 aliphatic rings. The molecule has 2 aromatic rings. The summed E-state index contributed by atoms with van der Waals surface area (Å²) in [7, 11) is 1.59. The van der Waals surface area contributed by atoms with E-state index in [4.69, 9.17) is 16.3 Å². The summed E-state index contributed by atoms with van der Waals surface area (Å²) in [5, 5.41) is 13.6. The van der Waals surface area contributed by atoms with Crippen molar-refractivity contribution in [2.24, 2.45) is 0 Å². The maximum absolute atomic E-state index is 12.1. The van der Waals surface area contributed by atoms with Gasteiger partial charge < -0.3 is 15.4 Å². The van der Waals surface area contributed by atoms with Gasteiger partial charge in [-0.15, -0.1) is 10.2 Å². The van der Waals surface area contributed by atoms with Gasteiger partial charge in [0.15, 0.2) is 0 Å². The number of anilines is 1. The van der Waals surface area contributed by atoms with Crippen molar-refractivity contribution in [1.29, 1.82) is 0 Å². The van der Waals surface area contributed by atoms with Gasteiger partial charge in [0.25, 0.3) is 11.8 Å². The summed E-state index contributed by atoms with van der Waals surface area (Å²) < 4.78 is 4.89. The van der Waals surface area contributed by atoms with Gasteiger partial charge in [-0.1, -0.05) is 29.0 Å². The minimum absolute atomic E-state index is 0.104. The number of benzene rings is 1. The van der Waals surface area contributed by atoms with Crippen LogP contribution in [-0.4, -0.2) is 42.3 Å². The molecule has 0 aliphatic heterocycles. The standard InChI is InChI=1S/C14H15ClN4O3S/c1-22-7-3-6-16-11(20)13-18-19-14(23-13)12(21)17-10-5-2-4-9(15)8-10/h2,4-5,8H,3,6-7H2,1H3,(H,16,20)(H,17,21). The number of hydrogen-bond acceptors (Lipinski definition) is 6. The minimum Gasteiger partial charge on any atom is -0.385 e. The minimum atomic E-state index is -0.441. The van der Waals surface area contributed by atoms with Crippen molar-refractivity contribution in [2.75, 3.05) is 25.6 Å². The van der Waals surface area contributed by atoms with Crippen LogP contribution in [0.15, 0.2) is 24.3 Å². The van der Waals surface area contributed by atoms with E-state index in [-0.39, 0.29) is 15.9 Å². The smallest absolute Gasteiger partial charge is 0.286 e. The van der Waals surface area contributed by atoms with Crippen molar-refractivity contribution in [1.82, 2.24) is 15.5 Å². The van der Waals surface area contributed by atoms with Crippen molar-refractivity contribution >= 4 is 40.4 Å². The highest BCUT2D eigenvalue weighted by Gasteiger charge is 2.17. The molecule has 0 unspecified atom stereocenters. The van der Waals surface area contributed by atoms with E-state index in [0.717, 1.165) is 11.3 Å². The van der Waals surface area contributed by atoms with Crippen molar-refractivity contribution < 1.29 is 14.3 Å². The molecule has 7 nitrogen and oxygen atoms in total. The van der Waals surface area contributed by atoms with Crippen LogP contribution in [0.2, 0.25) is 5.02 Å². The predicted octanol–water partition coefficient (Wildman–Crippen LogP) is 2.21. The normalized spacial score (nSPS) is 10.3. The van der Waals surface area contributed by atoms with Gasteiger partial charge in [0.1, 0.15) is 0 Å². The number of nitrogens with zero attached hydrogens (tertiary/aromatic N) is 2. The van der Waals surface area contributed by atoms with Gasteiger partial charge in [-0.2, -0.15) is 0 Å². The number of carbonyl (C=O) groups excluding carboxylic acids is 2. The van der Waals surface area contributed by atoms with Gasteiger partial charge in [-0.3, -0.25) is 9.59 Å². The molecule has 0 radical (unpaired) electrons. The maximum Gasteiger partial charge on any atom is 0.286 e. The van der Waals surface area contributed by atoms with Crippen molar-refractivity contribution in [2.45, 2.75) is 6.42 Å². The second-order valence-electron chi connectivity index (χ2n) is 4.48. The molecular formula is C14H15ClN4O3S. The molecule has 0 aliphatic carbocycles. The van der Waals surface area contributed by atoms with E-state index in [1.807, 2.05) is 0 Å². The van der Waals surface area contributed by atoms with Crippen LogP contribution in [0, 0.1) is 0 Å². The Morgan fingerprint density at radius 3 is 2.70 bits per heavy atom. The third kappa shape index (κ3) is 5.27. The highest BCUT2D eigenvalue weighted by molar-refractivity contribution is 7.15. The maximum atomic E-state index is 12.1. The number of nitrogens with one attached hydrogen (secondary N) is 2. The summed E-state index contributed by atoms with van der Waals surface area (Å²) in [4.78, 5) is 23.9. The quantitative estimate of drug-likeness (QED) is 0.743. The second-order valence-corrected chi connectivity index (χ2v) is 5.89. The highest BCUT2D eigenvalue weighted by atomic mass is 35.5. The Morgan fingerprint density at radius 2 is 2.00 bits per heavy atom. The largest absolute Gasteiger partial charge is 0.385 e. The zero-order valence-electron chi connectivity index (χ0n) is 12.3. The molecule has 0 atom stereocenters. The van der Waals surface area contributed by atoms with Gasteiger partial charge in [0.2, 0.25) is 10.0 Å². The third-order valence-corrected chi connectivity index (χ3v) is 3.86. The molecule has 2 N–H and O–H groups in total. The van der Waals surface area contributed by atoms with Crippen molar-refractivity contribution in [3.63, 3.8) is 0 Å². The van der Waals surface area contributed by atoms with E-state index in [0.29, 0.717) is 30.3 Å². The monoisotopic (exact) mass is 354 g/mol. The zero-order chi connectivity index (χ0) is 16.7. The van der Waals surface area contributed by atoms with Crippen LogP contribution in [-0.2, 0) is 4.74 Å². The van der Waals surface area contributed by atoms with E-state index in [1.54, 1.807) is 31.4 Å². The number of amides is 2. The zero-order valence-corrected chi connectivity index (χ0v) is 13.9. The Morgan fingerprint density at radius 1 is 1.26 bits per heavy atom. The Hall–Kier alpha value is -2.03. The second kappa shape index (κ2) is 8.56. The van der Waals surface area contributed by atoms with E-state index in [9.17, 15) is 9.59 Å². The molecule has 2 rings (SSSR count). The third-order valence-electron chi connectivity index (χ3n) is 2.71. The lowest BCUT2D eigenvalue weighted by Gasteiger charge is -2.02. The number of ether oxygens (including phenoxy) is 1. The molecule has 1 heterocycles. The van der Waals surface area contributed by atoms with Gasteiger partial charge >= 0.3 is 0 Å². The van der Waals surface area contributed by atoms with Crippen LogP contribution in [0.5, 0.6) is 0 Å². The number of hydrogen-bond donors (Lipinski definition) is 2. The summed E-state index contributed by atoms with van der Waals surface area (Å²) in [6.07, 6.45) is 0.698. The number of carbonyl (C=O) groups is 2. The van der Waals surface area contributed by atoms with E-state index < -0.39 is 5.91 Å². The van der Waals surface area contributed by atoms with Crippen LogP contribution in [0.4, 0.5) is 5.69 Å². The molecule has 122 valence electrons. The first-order chi connectivity index (χ1) is 11.1. The lowest BCUT2D eigenvalue weighted by Crippen LogP contribution is -2.25. The molecule has 0 saturated heterocycles. The summed E-state index contributed by atoms with van der Waals surface area (Å²) in [5.74, 6) is -0.802. The number of halogens is 1. The first-order valence-electron chi connectivity index (χ1n) is 6.77. The molecular weight excluding hydrogens is 340 g/mol. The van der Waals surface area contributed by atoms with Gasteiger partial charge in [0, 0.05) is 31.0 Å². The molecule has 1 aromatic carbocycles. The summed E-state index contributed by atoms with van der Waals surface area (Å²) in [6.45, 7) is 1.03. The molecule has 0 spiro atoms. The average Bonchev–Trinajstić information content (AvgIpc) is 3.01. The van der Waals surface area contributed by atoms with E-state index in [2.05, 4.69) is 20.8 Å². The molecule has 0 bridgehead atoms. The number of rotatable bonds is 7. The molecule has 0 saturated carbocycles. The first kappa shape index (κ1) is 17.3. The molecule has 23 heavy (non-hydrogen) atoms. The fourth-order valence-electron chi connectivity index (χ4n) is 1.65. The van der Waals surface area contributed by atoms with Crippen molar-refractivity contribution in [3.8, 4) is 0 Å². The van der Waals surface area contributed by atoms with Gasteiger partial charge in [-0.25, -0.2) is 0 Å². The molecule has 9 heteroatoms. The Kier molecular flexibility index (Phi) is 6.45. The Labute approximate surface area is 142 Å². The lowest BCUT2D eigenvalue weighted by molar-refractivity contribution is 0.0946. The van der Waals surface area contributed by atoms with Gasteiger partial charge in [0.05, 0.1) is 0 Å². The molecule has 0 fully saturated rings. The number of aromatic nitrogens is 2. The summed E-state index contributed by atoms with van der Waals surface area (Å²) >= 11 is 6.78. The van der Waals surface area contributed by atoms with E-state index >= 15 is 0 Å². The average molecular weight is 355 g/mol. The van der Waals surface area contributed by atoms with Crippen LogP contribution >= 0.6 is 22.9 Å². The highest BCUT2D eigenvalue weighted by Crippen LogP contribution is 2.17. The Balaban J connectivity index is 1.93. The van der Waals surface area contributed by atoms with E-state index in [1.165, 1.54) is 0 Å². The lowest BCUT2D eigenvalue weighted by atomic mass is 10.3. The van der Waals surface area contributed by atoms with Gasteiger partial charge in [-0.05, 0) is 24.6 Å². The molecule has 1 aromatic heterocycles. The van der Waals surface area contributed by atoms with Crippen molar-refractivity contribution in [3.05, 3.63) is 39.3 Å². The van der Waals surface area contributed by atoms with Crippen LogP contribution in [0.25, 0.3) is 0 Å². The topological polar surface area (TPSA) is 93.2 Å². The molecule has 2 amide bonds. The fourth-order valence-corrected chi connectivity index (χ4v) is 2.50. The van der Waals surface area contributed by atoms with Crippen LogP contribution < -0.4 is 10.6 Å². The van der Waals surface area contributed by atoms with Crippen LogP contribution in [0.1, 0.15) is 26.0 Å². The summed E-state index contributed by atoms with van der Waals surface area (Å²) in [5.41, 5.74) is 0.545. The summed E-state index contributed by atoms with van der Waals surface area (Å²) in [6, 6.07) is 6.74. The SMILES string of the molecule is COCCCNC(=O)c1nnc(C(=O)Nc2cccc(Cl)c2)s1.